The number of benzene rings is 1. The summed E-state index contributed by atoms with van der Waals surface area (Å²) in [4.78, 5) is 1.55. The van der Waals surface area contributed by atoms with Crippen molar-refractivity contribution in [2.45, 2.75) is 13.3 Å². The molecule has 0 amide bonds. The summed E-state index contributed by atoms with van der Waals surface area (Å²) in [7, 11) is 0. The molecule has 0 saturated heterocycles. The van der Waals surface area contributed by atoms with Gasteiger partial charge in [-0.1, -0.05) is 19.1 Å². The largest absolute Gasteiger partial charge is 0.494 e. The summed E-state index contributed by atoms with van der Waals surface area (Å²) >= 11 is 1.40. The Bertz CT molecular complexity index is 584. The molecule has 0 aliphatic rings. The summed E-state index contributed by atoms with van der Waals surface area (Å²) in [5.74, 6) is 0.847. The van der Waals surface area contributed by atoms with Gasteiger partial charge in [-0.05, 0) is 30.2 Å². The first-order valence-electron chi connectivity index (χ1n) is 5.77. The summed E-state index contributed by atoms with van der Waals surface area (Å²) in [6.45, 7) is 2.78. The van der Waals surface area contributed by atoms with Gasteiger partial charge in [0, 0.05) is 4.88 Å². The van der Waals surface area contributed by atoms with E-state index in [4.69, 9.17) is 15.7 Å². The fraction of sp³-hybridized carbons (Fsp3) is 0.214. The molecule has 2 aromatic rings. The third-order valence-electron chi connectivity index (χ3n) is 2.45. The Morgan fingerprint density at radius 3 is 2.89 bits per heavy atom. The summed E-state index contributed by atoms with van der Waals surface area (Å²) in [6.07, 6.45) is 0.981. The van der Waals surface area contributed by atoms with Gasteiger partial charge in [-0.3, -0.25) is 0 Å². The first-order valence-corrected chi connectivity index (χ1v) is 6.59. The maximum atomic E-state index is 8.91. The highest BCUT2D eigenvalue weighted by Gasteiger charge is 2.08. The number of nitrogens with zero attached hydrogens (tertiary/aromatic N) is 1. The Balaban J connectivity index is 2.30. The van der Waals surface area contributed by atoms with E-state index < -0.39 is 0 Å². The van der Waals surface area contributed by atoms with E-state index in [-0.39, 0.29) is 0 Å². The minimum Gasteiger partial charge on any atom is -0.494 e. The summed E-state index contributed by atoms with van der Waals surface area (Å²) in [6, 6.07) is 11.8. The molecule has 92 valence electrons. The summed E-state index contributed by atoms with van der Waals surface area (Å²) < 4.78 is 5.59. The van der Waals surface area contributed by atoms with Gasteiger partial charge in [0.25, 0.3) is 0 Å². The first-order chi connectivity index (χ1) is 8.74. The van der Waals surface area contributed by atoms with Crippen LogP contribution in [0.15, 0.2) is 30.3 Å². The van der Waals surface area contributed by atoms with E-state index in [1.807, 2.05) is 30.3 Å². The number of anilines is 1. The van der Waals surface area contributed by atoms with Gasteiger partial charge < -0.3 is 10.5 Å². The molecule has 0 unspecified atom stereocenters. The molecule has 0 aliphatic carbocycles. The highest BCUT2D eigenvalue weighted by atomic mass is 32.1. The fourth-order valence-electron chi connectivity index (χ4n) is 1.59. The van der Waals surface area contributed by atoms with Crippen molar-refractivity contribution >= 4 is 17.0 Å². The molecule has 0 aliphatic heterocycles. The molecular weight excluding hydrogens is 244 g/mol. The lowest BCUT2D eigenvalue weighted by atomic mass is 10.2. The lowest BCUT2D eigenvalue weighted by Gasteiger charge is -2.05. The molecule has 0 bridgehead atoms. The van der Waals surface area contributed by atoms with Crippen LogP contribution in [0.25, 0.3) is 10.4 Å². The number of hydrogen-bond donors (Lipinski definition) is 1. The maximum Gasteiger partial charge on any atom is 0.128 e. The minimum atomic E-state index is 0.539. The minimum absolute atomic E-state index is 0.539. The second kappa shape index (κ2) is 5.56. The Labute approximate surface area is 110 Å². The first kappa shape index (κ1) is 12.5. The molecule has 18 heavy (non-hydrogen) atoms. The molecule has 1 aromatic carbocycles. The van der Waals surface area contributed by atoms with Crippen molar-refractivity contribution in [3.63, 3.8) is 0 Å². The van der Waals surface area contributed by atoms with Crippen LogP contribution in [0.5, 0.6) is 5.75 Å². The standard InChI is InChI=1S/C14H14N2OS/c1-2-6-17-11-5-3-4-10(7-11)13-8-12(16)14(9-15)18-13/h3-5,7-8H,2,6,16H2,1H3. The molecule has 4 heteroatoms. The number of nitriles is 1. The van der Waals surface area contributed by atoms with E-state index >= 15 is 0 Å². The number of nitrogens with two attached hydrogens (primary N) is 1. The van der Waals surface area contributed by atoms with Gasteiger partial charge in [0.05, 0.1) is 12.3 Å². The lowest BCUT2D eigenvalue weighted by Crippen LogP contribution is -1.94. The molecule has 2 rings (SSSR count). The van der Waals surface area contributed by atoms with Crippen LogP contribution in [0.4, 0.5) is 5.69 Å². The van der Waals surface area contributed by atoms with Crippen LogP contribution in [-0.4, -0.2) is 6.61 Å². The molecule has 1 aromatic heterocycles. The van der Waals surface area contributed by atoms with Crippen LogP contribution in [0.3, 0.4) is 0 Å². The molecule has 0 fully saturated rings. The zero-order chi connectivity index (χ0) is 13.0. The molecule has 0 atom stereocenters. The van der Waals surface area contributed by atoms with Crippen LogP contribution < -0.4 is 10.5 Å². The molecule has 3 nitrogen and oxygen atoms in total. The zero-order valence-electron chi connectivity index (χ0n) is 10.1. The van der Waals surface area contributed by atoms with Crippen LogP contribution in [-0.2, 0) is 0 Å². The highest BCUT2D eigenvalue weighted by molar-refractivity contribution is 7.16. The zero-order valence-corrected chi connectivity index (χ0v) is 11.0. The van der Waals surface area contributed by atoms with Crippen LogP contribution in [0.2, 0.25) is 0 Å². The Kier molecular flexibility index (Phi) is 3.85. The van der Waals surface area contributed by atoms with Gasteiger partial charge in [0.2, 0.25) is 0 Å². The quantitative estimate of drug-likeness (QED) is 0.910. The van der Waals surface area contributed by atoms with Gasteiger partial charge in [0.15, 0.2) is 0 Å². The highest BCUT2D eigenvalue weighted by Crippen LogP contribution is 2.34. The average Bonchev–Trinajstić information content (AvgIpc) is 2.78. The van der Waals surface area contributed by atoms with E-state index in [2.05, 4.69) is 13.0 Å². The Morgan fingerprint density at radius 1 is 1.39 bits per heavy atom. The number of nitrogen functional groups attached to an aromatic ring is 1. The monoisotopic (exact) mass is 258 g/mol. The second-order valence-corrected chi connectivity index (χ2v) is 4.94. The second-order valence-electron chi connectivity index (χ2n) is 3.88. The van der Waals surface area contributed by atoms with E-state index in [1.54, 1.807) is 0 Å². The van der Waals surface area contributed by atoms with Gasteiger partial charge >= 0.3 is 0 Å². The van der Waals surface area contributed by atoms with Gasteiger partial charge in [-0.25, -0.2) is 0 Å². The Morgan fingerprint density at radius 2 is 2.22 bits per heavy atom. The third-order valence-corrected chi connectivity index (χ3v) is 3.56. The molecule has 0 spiro atoms. The Hall–Kier alpha value is -1.99. The number of rotatable bonds is 4. The van der Waals surface area contributed by atoms with Crippen molar-refractivity contribution in [3.8, 4) is 22.3 Å². The molecular formula is C14H14N2OS. The van der Waals surface area contributed by atoms with Crippen LogP contribution in [0.1, 0.15) is 18.2 Å². The topological polar surface area (TPSA) is 59.0 Å². The normalized spacial score (nSPS) is 10.0. The van der Waals surface area contributed by atoms with E-state index in [0.29, 0.717) is 17.2 Å². The van der Waals surface area contributed by atoms with Crippen molar-refractivity contribution in [1.29, 1.82) is 5.26 Å². The molecule has 1 heterocycles. The average molecular weight is 258 g/mol. The number of hydrogen-bond acceptors (Lipinski definition) is 4. The molecule has 0 saturated carbocycles. The van der Waals surface area contributed by atoms with Crippen molar-refractivity contribution < 1.29 is 4.74 Å². The van der Waals surface area contributed by atoms with E-state index in [0.717, 1.165) is 22.6 Å². The number of ether oxygens (including phenoxy) is 1. The maximum absolute atomic E-state index is 8.91. The molecule has 0 radical (unpaired) electrons. The summed E-state index contributed by atoms with van der Waals surface area (Å²) in [5, 5.41) is 8.91. The number of thiophene rings is 1. The van der Waals surface area contributed by atoms with Crippen molar-refractivity contribution in [2.24, 2.45) is 0 Å². The predicted molar refractivity (Wildman–Crippen MR) is 74.7 cm³/mol. The molecule has 2 N–H and O–H groups in total. The van der Waals surface area contributed by atoms with Gasteiger partial charge in [-0.15, -0.1) is 11.3 Å². The third kappa shape index (κ3) is 2.63. The predicted octanol–water partition coefficient (Wildman–Crippen LogP) is 3.66. The SMILES string of the molecule is CCCOc1cccc(-c2cc(N)c(C#N)s2)c1. The van der Waals surface area contributed by atoms with E-state index in [9.17, 15) is 0 Å². The van der Waals surface area contributed by atoms with E-state index in [1.165, 1.54) is 11.3 Å². The lowest BCUT2D eigenvalue weighted by molar-refractivity contribution is 0.317. The smallest absolute Gasteiger partial charge is 0.128 e. The van der Waals surface area contributed by atoms with Crippen molar-refractivity contribution in [2.75, 3.05) is 12.3 Å². The van der Waals surface area contributed by atoms with Gasteiger partial charge in [-0.2, -0.15) is 5.26 Å². The summed E-state index contributed by atoms with van der Waals surface area (Å²) in [5.41, 5.74) is 7.33. The fourth-order valence-corrected chi connectivity index (χ4v) is 2.47. The van der Waals surface area contributed by atoms with Gasteiger partial charge in [0.1, 0.15) is 16.7 Å². The van der Waals surface area contributed by atoms with Crippen molar-refractivity contribution in [3.05, 3.63) is 35.2 Å². The van der Waals surface area contributed by atoms with Crippen LogP contribution >= 0.6 is 11.3 Å². The van der Waals surface area contributed by atoms with Crippen molar-refractivity contribution in [1.82, 2.24) is 0 Å². The van der Waals surface area contributed by atoms with Crippen LogP contribution in [0, 0.1) is 11.3 Å².